The fourth-order valence-corrected chi connectivity index (χ4v) is 4.70. The Kier molecular flexibility index (Phi) is 8.04. The van der Waals surface area contributed by atoms with Gasteiger partial charge in [0.2, 0.25) is 0 Å². The van der Waals surface area contributed by atoms with Crippen molar-refractivity contribution in [2.45, 2.75) is 19.9 Å². The molecule has 0 bridgehead atoms. The molecule has 1 unspecified atom stereocenters. The number of anilines is 1. The molecule has 1 aromatic heterocycles. The Bertz CT molecular complexity index is 1420. The van der Waals surface area contributed by atoms with Gasteiger partial charge in [-0.1, -0.05) is 43.1 Å². The zero-order chi connectivity index (χ0) is 27.6. The standard InChI is InChI=1S/C28H24Cl2N2O6/c1-15(2)14-38-28(36)16-6-8-19(9-7-16)32-23(17-5-4-10-31-13-17)22(25(34)27(32)35)24(33)20-11-18(29)12-21(30)26(20)37-3/h4-13,15,23,33H,14H2,1-3H3/b24-22+. The van der Waals surface area contributed by atoms with Crippen molar-refractivity contribution in [3.8, 4) is 5.75 Å². The van der Waals surface area contributed by atoms with Crippen molar-refractivity contribution in [2.24, 2.45) is 5.92 Å². The molecule has 38 heavy (non-hydrogen) atoms. The van der Waals surface area contributed by atoms with Crippen LogP contribution in [0.15, 0.2) is 66.5 Å². The van der Waals surface area contributed by atoms with Crippen LogP contribution in [0.3, 0.4) is 0 Å². The van der Waals surface area contributed by atoms with Crippen molar-refractivity contribution < 1.29 is 29.0 Å². The lowest BCUT2D eigenvalue weighted by Gasteiger charge is -2.25. The highest BCUT2D eigenvalue weighted by Crippen LogP contribution is 2.44. The zero-order valence-electron chi connectivity index (χ0n) is 20.8. The van der Waals surface area contributed by atoms with Crippen LogP contribution in [0, 0.1) is 5.92 Å². The second kappa shape index (κ2) is 11.2. The first-order chi connectivity index (χ1) is 18.1. The molecule has 1 atom stereocenters. The highest BCUT2D eigenvalue weighted by atomic mass is 35.5. The predicted molar refractivity (Wildman–Crippen MR) is 144 cm³/mol. The van der Waals surface area contributed by atoms with Gasteiger partial charge in [0.1, 0.15) is 11.5 Å². The molecule has 1 N–H and O–H groups in total. The van der Waals surface area contributed by atoms with Gasteiger partial charge in [0, 0.05) is 23.1 Å². The lowest BCUT2D eigenvalue weighted by atomic mass is 9.95. The number of esters is 1. The van der Waals surface area contributed by atoms with E-state index in [9.17, 15) is 19.5 Å². The van der Waals surface area contributed by atoms with E-state index >= 15 is 0 Å². The molecule has 0 saturated carbocycles. The Balaban J connectivity index is 1.84. The molecule has 0 spiro atoms. The largest absolute Gasteiger partial charge is 0.507 e. The van der Waals surface area contributed by atoms with Crippen LogP contribution in [-0.4, -0.2) is 41.5 Å². The zero-order valence-corrected chi connectivity index (χ0v) is 22.3. The maximum atomic E-state index is 13.4. The van der Waals surface area contributed by atoms with E-state index in [1.54, 1.807) is 18.3 Å². The smallest absolute Gasteiger partial charge is 0.338 e. The summed E-state index contributed by atoms with van der Waals surface area (Å²) in [6.45, 7) is 4.13. The van der Waals surface area contributed by atoms with Gasteiger partial charge in [-0.15, -0.1) is 0 Å². The molecular formula is C28H24Cl2N2O6. The number of carbonyl (C=O) groups excluding carboxylic acids is 3. The number of benzene rings is 2. The summed E-state index contributed by atoms with van der Waals surface area (Å²) in [6.07, 6.45) is 3.05. The number of amides is 1. The van der Waals surface area contributed by atoms with Gasteiger partial charge in [-0.2, -0.15) is 0 Å². The van der Waals surface area contributed by atoms with Gasteiger partial charge in [0.25, 0.3) is 11.7 Å². The molecule has 1 amide bonds. The number of pyridine rings is 1. The summed E-state index contributed by atoms with van der Waals surface area (Å²) in [5.74, 6) is -2.53. The van der Waals surface area contributed by atoms with Crippen molar-refractivity contribution in [1.82, 2.24) is 4.98 Å². The van der Waals surface area contributed by atoms with Crippen LogP contribution in [0.5, 0.6) is 5.75 Å². The minimum absolute atomic E-state index is 0.0557. The Morgan fingerprint density at radius 1 is 1.13 bits per heavy atom. The summed E-state index contributed by atoms with van der Waals surface area (Å²) < 4.78 is 10.6. The van der Waals surface area contributed by atoms with E-state index in [0.29, 0.717) is 16.8 Å². The number of hydrogen-bond acceptors (Lipinski definition) is 7. The van der Waals surface area contributed by atoms with Gasteiger partial charge in [-0.25, -0.2) is 4.79 Å². The third kappa shape index (κ3) is 5.23. The molecule has 4 rings (SSSR count). The fourth-order valence-electron chi connectivity index (χ4n) is 4.12. The second-order valence-corrected chi connectivity index (χ2v) is 9.81. The summed E-state index contributed by atoms with van der Waals surface area (Å²) in [5.41, 5.74) is 0.958. The molecule has 1 aliphatic heterocycles. The lowest BCUT2D eigenvalue weighted by Crippen LogP contribution is -2.29. The maximum absolute atomic E-state index is 13.4. The molecule has 1 saturated heterocycles. The quantitative estimate of drug-likeness (QED) is 0.169. The van der Waals surface area contributed by atoms with Crippen LogP contribution in [-0.2, 0) is 14.3 Å². The third-order valence-electron chi connectivity index (χ3n) is 5.84. The van der Waals surface area contributed by atoms with Crippen molar-refractivity contribution in [3.05, 3.63) is 93.2 Å². The van der Waals surface area contributed by atoms with E-state index < -0.39 is 29.5 Å². The van der Waals surface area contributed by atoms with E-state index in [4.69, 9.17) is 32.7 Å². The van der Waals surface area contributed by atoms with Crippen LogP contribution in [0.1, 0.15) is 41.4 Å². The first-order valence-electron chi connectivity index (χ1n) is 11.7. The molecule has 3 aromatic rings. The van der Waals surface area contributed by atoms with Gasteiger partial charge in [0.15, 0.2) is 0 Å². The molecule has 0 radical (unpaired) electrons. The lowest BCUT2D eigenvalue weighted by molar-refractivity contribution is -0.132. The van der Waals surface area contributed by atoms with E-state index in [0.717, 1.165) is 0 Å². The molecule has 2 heterocycles. The second-order valence-electron chi connectivity index (χ2n) is 8.96. The number of aromatic nitrogens is 1. The van der Waals surface area contributed by atoms with Crippen molar-refractivity contribution in [3.63, 3.8) is 0 Å². The van der Waals surface area contributed by atoms with Crippen LogP contribution >= 0.6 is 23.2 Å². The number of carbonyl (C=O) groups is 3. The molecular weight excluding hydrogens is 531 g/mol. The van der Waals surface area contributed by atoms with Crippen LogP contribution in [0.25, 0.3) is 5.76 Å². The average Bonchev–Trinajstić information content (AvgIpc) is 3.17. The van der Waals surface area contributed by atoms with E-state index in [1.165, 1.54) is 54.6 Å². The number of methoxy groups -OCH3 is 1. The summed E-state index contributed by atoms with van der Waals surface area (Å²) in [7, 11) is 1.36. The van der Waals surface area contributed by atoms with Crippen LogP contribution in [0.4, 0.5) is 5.69 Å². The van der Waals surface area contributed by atoms with Crippen molar-refractivity contribution in [1.29, 1.82) is 0 Å². The number of aliphatic hydroxyl groups excluding tert-OH is 1. The normalized spacial score (nSPS) is 16.7. The van der Waals surface area contributed by atoms with Gasteiger partial charge in [-0.05, 0) is 53.9 Å². The molecule has 196 valence electrons. The van der Waals surface area contributed by atoms with Crippen molar-refractivity contribution in [2.75, 3.05) is 18.6 Å². The SMILES string of the molecule is COc1c(Cl)cc(Cl)cc1/C(O)=C1\C(=O)C(=O)N(c2ccc(C(=O)OCC(C)C)cc2)C1c1cccnc1. The molecule has 1 aliphatic rings. The minimum Gasteiger partial charge on any atom is -0.507 e. The summed E-state index contributed by atoms with van der Waals surface area (Å²) >= 11 is 12.4. The number of aliphatic hydroxyl groups is 1. The minimum atomic E-state index is -1.04. The highest BCUT2D eigenvalue weighted by Gasteiger charge is 2.47. The first-order valence-corrected chi connectivity index (χ1v) is 12.4. The Labute approximate surface area is 229 Å². The summed E-state index contributed by atoms with van der Waals surface area (Å²) in [5, 5.41) is 11.7. The molecule has 2 aromatic carbocycles. The number of hydrogen-bond donors (Lipinski definition) is 1. The Hall–Kier alpha value is -3.88. The summed E-state index contributed by atoms with van der Waals surface area (Å²) in [4.78, 5) is 44.5. The number of ether oxygens (including phenoxy) is 2. The first kappa shape index (κ1) is 27.2. The number of rotatable bonds is 7. The number of nitrogens with zero attached hydrogens (tertiary/aromatic N) is 2. The van der Waals surface area contributed by atoms with Crippen molar-refractivity contribution >= 4 is 52.3 Å². The molecule has 0 aliphatic carbocycles. The molecule has 10 heteroatoms. The molecule has 8 nitrogen and oxygen atoms in total. The van der Waals surface area contributed by atoms with Gasteiger partial charge >= 0.3 is 5.97 Å². The Morgan fingerprint density at radius 3 is 2.45 bits per heavy atom. The Morgan fingerprint density at radius 2 is 1.84 bits per heavy atom. The topological polar surface area (TPSA) is 106 Å². The monoisotopic (exact) mass is 554 g/mol. The highest BCUT2D eigenvalue weighted by molar-refractivity contribution is 6.52. The van der Waals surface area contributed by atoms with E-state index in [1.807, 2.05) is 13.8 Å². The fraction of sp³-hybridized carbons (Fsp3) is 0.214. The summed E-state index contributed by atoms with van der Waals surface area (Å²) in [6, 6.07) is 11.2. The van der Waals surface area contributed by atoms with E-state index in [2.05, 4.69) is 4.98 Å². The maximum Gasteiger partial charge on any atom is 0.338 e. The van der Waals surface area contributed by atoms with Crippen LogP contribution < -0.4 is 9.64 Å². The average molecular weight is 555 g/mol. The van der Waals surface area contributed by atoms with E-state index in [-0.39, 0.29) is 39.5 Å². The molecule has 1 fully saturated rings. The number of Topliss-reactive ketones (excluding diaryl/α,β-unsaturated/α-hetero) is 1. The van der Waals surface area contributed by atoms with Gasteiger partial charge in [0.05, 0.1) is 41.5 Å². The number of ketones is 1. The third-order valence-corrected chi connectivity index (χ3v) is 6.34. The predicted octanol–water partition coefficient (Wildman–Crippen LogP) is 5.84. The van der Waals surface area contributed by atoms with Gasteiger partial charge in [-0.3, -0.25) is 19.5 Å². The number of halogens is 2. The van der Waals surface area contributed by atoms with Gasteiger partial charge < -0.3 is 14.6 Å². The van der Waals surface area contributed by atoms with Crippen LogP contribution in [0.2, 0.25) is 10.0 Å².